The molecule has 3 heteroatoms. The number of aryl methyl sites for hydroxylation is 1. The van der Waals surface area contributed by atoms with Gasteiger partial charge in [0.05, 0.1) is 11.4 Å². The van der Waals surface area contributed by atoms with Crippen LogP contribution in [0.3, 0.4) is 0 Å². The van der Waals surface area contributed by atoms with Crippen molar-refractivity contribution < 1.29 is 0 Å². The van der Waals surface area contributed by atoms with Gasteiger partial charge < -0.3 is 4.57 Å². The Hall–Kier alpha value is -1.74. The molecule has 0 bridgehead atoms. The summed E-state index contributed by atoms with van der Waals surface area (Å²) in [5, 5.41) is 0. The lowest BCUT2D eigenvalue weighted by atomic mass is 10.2. The van der Waals surface area contributed by atoms with Crippen LogP contribution in [0.1, 0.15) is 29.7 Å². The van der Waals surface area contributed by atoms with Gasteiger partial charge in [0.1, 0.15) is 5.82 Å². The highest BCUT2D eigenvalue weighted by atomic mass is 32.1. The summed E-state index contributed by atoms with van der Waals surface area (Å²) < 4.78 is 2.20. The molecule has 1 heterocycles. The number of hydrogen-bond acceptors (Lipinski definition) is 2. The first-order chi connectivity index (χ1) is 9.15. The van der Waals surface area contributed by atoms with Crippen LogP contribution in [-0.4, -0.2) is 9.55 Å². The average molecular weight is 270 g/mol. The minimum atomic E-state index is 0.806. The summed E-state index contributed by atoms with van der Waals surface area (Å²) in [4.78, 5) is 5.52. The highest BCUT2D eigenvalue weighted by Crippen LogP contribution is 2.18. The quantitative estimate of drug-likeness (QED) is 0.824. The van der Waals surface area contributed by atoms with Gasteiger partial charge in [0, 0.05) is 11.4 Å². The van der Waals surface area contributed by atoms with Crippen LogP contribution in [0.25, 0.3) is 12.2 Å². The maximum absolute atomic E-state index is 4.54. The van der Waals surface area contributed by atoms with Crippen molar-refractivity contribution in [3.05, 3.63) is 59.7 Å². The van der Waals surface area contributed by atoms with Crippen molar-refractivity contribution in [2.24, 2.45) is 0 Å². The number of aromatic nitrogens is 2. The van der Waals surface area contributed by atoms with Crippen LogP contribution in [0, 0.1) is 6.92 Å². The lowest BCUT2D eigenvalue weighted by Gasteiger charge is -2.09. The van der Waals surface area contributed by atoms with Crippen LogP contribution in [-0.2, 0) is 6.54 Å². The molecule has 2 aromatic rings. The molecule has 1 aromatic carbocycles. The zero-order chi connectivity index (χ0) is 13.8. The van der Waals surface area contributed by atoms with E-state index in [0.29, 0.717) is 0 Å². The van der Waals surface area contributed by atoms with Gasteiger partial charge in [-0.15, -0.1) is 12.6 Å². The van der Waals surface area contributed by atoms with Crippen LogP contribution >= 0.6 is 12.6 Å². The molecule has 0 radical (unpaired) electrons. The van der Waals surface area contributed by atoms with Gasteiger partial charge in [0.2, 0.25) is 0 Å². The highest BCUT2D eigenvalue weighted by molar-refractivity contribution is 7.80. The second kappa shape index (κ2) is 5.93. The summed E-state index contributed by atoms with van der Waals surface area (Å²) in [6, 6.07) is 8.20. The first kappa shape index (κ1) is 13.7. The van der Waals surface area contributed by atoms with E-state index in [1.807, 2.05) is 32.1 Å². The first-order valence-electron chi connectivity index (χ1n) is 6.26. The third-order valence-electron chi connectivity index (χ3n) is 3.02. The second-order valence-corrected chi connectivity index (χ2v) is 4.90. The Morgan fingerprint density at radius 2 is 2.00 bits per heavy atom. The molecule has 0 saturated heterocycles. The van der Waals surface area contributed by atoms with Gasteiger partial charge in [0.15, 0.2) is 0 Å². The van der Waals surface area contributed by atoms with E-state index in [1.54, 1.807) is 6.08 Å². The minimum absolute atomic E-state index is 0.806. The lowest BCUT2D eigenvalue weighted by Crippen LogP contribution is -2.04. The fraction of sp³-hybridized carbons (Fsp3) is 0.188. The highest BCUT2D eigenvalue weighted by Gasteiger charge is 2.10. The van der Waals surface area contributed by atoms with Crippen molar-refractivity contribution in [3.63, 3.8) is 0 Å². The molecule has 98 valence electrons. The van der Waals surface area contributed by atoms with Crippen LogP contribution in [0.15, 0.2) is 41.8 Å². The van der Waals surface area contributed by atoms with E-state index in [4.69, 9.17) is 0 Å². The molecule has 0 spiro atoms. The SMILES string of the molecule is C=Cc1nc(C)n(Cc2ccc(S)cc2)c1/C=C\C. The molecule has 2 nitrogen and oxygen atoms in total. The molecule has 0 saturated carbocycles. The van der Waals surface area contributed by atoms with Gasteiger partial charge in [-0.3, -0.25) is 0 Å². The van der Waals surface area contributed by atoms with Crippen LogP contribution in [0.5, 0.6) is 0 Å². The molecular weight excluding hydrogens is 252 g/mol. The van der Waals surface area contributed by atoms with Crippen molar-refractivity contribution >= 4 is 24.8 Å². The monoisotopic (exact) mass is 270 g/mol. The van der Waals surface area contributed by atoms with E-state index in [2.05, 4.69) is 47.0 Å². The van der Waals surface area contributed by atoms with Crippen LogP contribution < -0.4 is 0 Å². The van der Waals surface area contributed by atoms with E-state index in [-0.39, 0.29) is 0 Å². The average Bonchev–Trinajstić information content (AvgIpc) is 2.70. The number of allylic oxidation sites excluding steroid dienone is 1. The van der Waals surface area contributed by atoms with E-state index < -0.39 is 0 Å². The zero-order valence-corrected chi connectivity index (χ0v) is 12.2. The molecule has 19 heavy (non-hydrogen) atoms. The number of rotatable bonds is 4. The third kappa shape index (κ3) is 2.99. The predicted molar refractivity (Wildman–Crippen MR) is 84.6 cm³/mol. The van der Waals surface area contributed by atoms with Crippen molar-refractivity contribution in [3.8, 4) is 0 Å². The second-order valence-electron chi connectivity index (χ2n) is 4.39. The Balaban J connectivity index is 2.41. The van der Waals surface area contributed by atoms with Crippen molar-refractivity contribution in [2.75, 3.05) is 0 Å². The summed E-state index contributed by atoms with van der Waals surface area (Å²) in [6.07, 6.45) is 5.90. The lowest BCUT2D eigenvalue weighted by molar-refractivity contribution is 0.754. The smallest absolute Gasteiger partial charge is 0.107 e. The predicted octanol–water partition coefficient (Wildman–Crippen LogP) is 4.20. The van der Waals surface area contributed by atoms with Gasteiger partial charge in [-0.25, -0.2) is 4.98 Å². The summed E-state index contributed by atoms with van der Waals surface area (Å²) >= 11 is 4.31. The molecule has 0 amide bonds. The maximum Gasteiger partial charge on any atom is 0.107 e. The third-order valence-corrected chi connectivity index (χ3v) is 3.32. The molecule has 0 unspecified atom stereocenters. The fourth-order valence-electron chi connectivity index (χ4n) is 2.07. The Morgan fingerprint density at radius 1 is 1.32 bits per heavy atom. The Bertz CT molecular complexity index is 606. The van der Waals surface area contributed by atoms with Gasteiger partial charge >= 0.3 is 0 Å². The Labute approximate surface area is 119 Å². The number of benzene rings is 1. The Morgan fingerprint density at radius 3 is 2.58 bits per heavy atom. The van der Waals surface area contributed by atoms with Gasteiger partial charge in [0.25, 0.3) is 0 Å². The number of hydrogen-bond donors (Lipinski definition) is 1. The number of thiol groups is 1. The topological polar surface area (TPSA) is 17.8 Å². The molecule has 1 aromatic heterocycles. The fourth-order valence-corrected chi connectivity index (χ4v) is 2.22. The summed E-state index contributed by atoms with van der Waals surface area (Å²) in [6.45, 7) is 8.66. The molecule has 0 N–H and O–H groups in total. The molecule has 0 aliphatic rings. The Kier molecular flexibility index (Phi) is 4.27. The van der Waals surface area contributed by atoms with Crippen LogP contribution in [0.2, 0.25) is 0 Å². The molecule has 2 rings (SSSR count). The minimum Gasteiger partial charge on any atom is -0.324 e. The van der Waals surface area contributed by atoms with Crippen LogP contribution in [0.4, 0.5) is 0 Å². The standard InChI is InChI=1S/C16H18N2S/c1-4-6-16-15(5-2)17-12(3)18(16)11-13-7-9-14(19)10-8-13/h4-10,19H,2,11H2,1,3H3/b6-4-. The van der Waals surface area contributed by atoms with E-state index >= 15 is 0 Å². The van der Waals surface area contributed by atoms with Gasteiger partial charge in [-0.05, 0) is 43.7 Å². The summed E-state index contributed by atoms with van der Waals surface area (Å²) in [5.41, 5.74) is 3.27. The van der Waals surface area contributed by atoms with Crippen molar-refractivity contribution in [2.45, 2.75) is 25.3 Å². The van der Waals surface area contributed by atoms with Gasteiger partial charge in [-0.1, -0.05) is 24.8 Å². The maximum atomic E-state index is 4.54. The van der Waals surface area contributed by atoms with Gasteiger partial charge in [-0.2, -0.15) is 0 Å². The first-order valence-corrected chi connectivity index (χ1v) is 6.70. The normalized spacial score (nSPS) is 11.1. The molecule has 0 aliphatic heterocycles. The summed E-state index contributed by atoms with van der Waals surface area (Å²) in [7, 11) is 0. The molecule has 0 aliphatic carbocycles. The zero-order valence-electron chi connectivity index (χ0n) is 11.3. The molecule has 0 fully saturated rings. The number of imidazole rings is 1. The van der Waals surface area contributed by atoms with E-state index in [9.17, 15) is 0 Å². The van der Waals surface area contributed by atoms with Crippen molar-refractivity contribution in [1.29, 1.82) is 0 Å². The van der Waals surface area contributed by atoms with E-state index in [1.165, 1.54) is 5.56 Å². The van der Waals surface area contributed by atoms with Crippen molar-refractivity contribution in [1.82, 2.24) is 9.55 Å². The molecule has 0 atom stereocenters. The largest absolute Gasteiger partial charge is 0.324 e. The summed E-state index contributed by atoms with van der Waals surface area (Å²) in [5.74, 6) is 0.998. The van der Waals surface area contributed by atoms with E-state index in [0.717, 1.165) is 28.7 Å². The number of nitrogens with zero attached hydrogens (tertiary/aromatic N) is 2. The molecular formula is C16H18N2S.